The number of methoxy groups -OCH3 is 1. The smallest absolute Gasteiger partial charge is 0.0623 e. The lowest BCUT2D eigenvalue weighted by atomic mass is 9.99. The van der Waals surface area contributed by atoms with E-state index < -0.39 is 0 Å². The fourth-order valence-electron chi connectivity index (χ4n) is 1.20. The van der Waals surface area contributed by atoms with Gasteiger partial charge in [0.05, 0.1) is 5.60 Å². The predicted octanol–water partition coefficient (Wildman–Crippen LogP) is 2.53. The summed E-state index contributed by atoms with van der Waals surface area (Å²) in [6.07, 6.45) is 2.30. The van der Waals surface area contributed by atoms with E-state index >= 15 is 0 Å². The van der Waals surface area contributed by atoms with Gasteiger partial charge in [0, 0.05) is 18.9 Å². The zero-order chi connectivity index (χ0) is 11.0. The molecule has 14 heavy (non-hydrogen) atoms. The average Bonchev–Trinajstić information content (AvgIpc) is 2.18. The van der Waals surface area contributed by atoms with Gasteiger partial charge in [-0.05, 0) is 39.5 Å². The van der Waals surface area contributed by atoms with Crippen LogP contribution in [-0.2, 0) is 4.74 Å². The Labute approximate surface area is 93.2 Å². The van der Waals surface area contributed by atoms with Crippen molar-refractivity contribution in [3.05, 3.63) is 0 Å². The minimum atomic E-state index is 0.0198. The Hall–Kier alpha value is 0.270. The molecule has 0 heterocycles. The first-order valence-corrected chi connectivity index (χ1v) is 6.51. The van der Waals surface area contributed by atoms with Crippen LogP contribution in [0.5, 0.6) is 0 Å². The van der Waals surface area contributed by atoms with Gasteiger partial charge in [-0.3, -0.25) is 0 Å². The number of hydrogen-bond donors (Lipinski definition) is 1. The van der Waals surface area contributed by atoms with Crippen LogP contribution in [0.1, 0.15) is 33.6 Å². The number of nitrogens with one attached hydrogen (secondary N) is 1. The summed E-state index contributed by atoms with van der Waals surface area (Å²) in [5, 5.41) is 3.36. The maximum absolute atomic E-state index is 5.40. The quantitative estimate of drug-likeness (QED) is 0.678. The second-order valence-electron chi connectivity index (χ2n) is 4.15. The Balaban J connectivity index is 3.71. The molecular weight excluding hydrogens is 194 g/mol. The molecule has 0 bridgehead atoms. The largest absolute Gasteiger partial charge is 0.379 e. The number of thioether (sulfide) groups is 1. The topological polar surface area (TPSA) is 21.3 Å². The van der Waals surface area contributed by atoms with E-state index in [1.165, 1.54) is 17.9 Å². The van der Waals surface area contributed by atoms with E-state index in [-0.39, 0.29) is 5.60 Å². The van der Waals surface area contributed by atoms with E-state index in [0.29, 0.717) is 6.04 Å². The van der Waals surface area contributed by atoms with Gasteiger partial charge >= 0.3 is 0 Å². The molecular formula is C11H25NOS. The Morgan fingerprint density at radius 3 is 2.50 bits per heavy atom. The Morgan fingerprint density at radius 1 is 1.43 bits per heavy atom. The standard InChI is InChI=1S/C11H25NOS/c1-6-14-9-10(12-4)7-8-11(2,3)13-5/h10,12H,6-9H2,1-5H3. The summed E-state index contributed by atoms with van der Waals surface area (Å²) in [4.78, 5) is 0. The Morgan fingerprint density at radius 2 is 2.07 bits per heavy atom. The first-order chi connectivity index (χ1) is 6.55. The molecule has 0 aromatic rings. The van der Waals surface area contributed by atoms with E-state index in [1.54, 1.807) is 7.11 Å². The molecule has 2 nitrogen and oxygen atoms in total. The van der Waals surface area contributed by atoms with E-state index in [2.05, 4.69) is 26.1 Å². The molecule has 0 saturated heterocycles. The van der Waals surface area contributed by atoms with Crippen LogP contribution in [0.4, 0.5) is 0 Å². The summed E-state index contributed by atoms with van der Waals surface area (Å²) in [7, 11) is 3.83. The van der Waals surface area contributed by atoms with E-state index in [4.69, 9.17) is 4.74 Å². The van der Waals surface area contributed by atoms with Crippen LogP contribution in [0.25, 0.3) is 0 Å². The van der Waals surface area contributed by atoms with E-state index in [0.717, 1.165) is 6.42 Å². The summed E-state index contributed by atoms with van der Waals surface area (Å²) < 4.78 is 5.40. The highest BCUT2D eigenvalue weighted by Crippen LogP contribution is 2.18. The fourth-order valence-corrected chi connectivity index (χ4v) is 2.05. The van der Waals surface area contributed by atoms with Crippen LogP contribution in [0.3, 0.4) is 0 Å². The molecule has 1 atom stereocenters. The van der Waals surface area contributed by atoms with Gasteiger partial charge in [-0.1, -0.05) is 6.92 Å². The fraction of sp³-hybridized carbons (Fsp3) is 1.00. The van der Waals surface area contributed by atoms with Crippen molar-refractivity contribution >= 4 is 11.8 Å². The maximum Gasteiger partial charge on any atom is 0.0623 e. The van der Waals surface area contributed by atoms with Crippen molar-refractivity contribution in [3.8, 4) is 0 Å². The minimum Gasteiger partial charge on any atom is -0.379 e. The highest BCUT2D eigenvalue weighted by atomic mass is 32.2. The molecule has 0 aliphatic heterocycles. The van der Waals surface area contributed by atoms with Gasteiger partial charge in [0.1, 0.15) is 0 Å². The number of ether oxygens (including phenoxy) is 1. The molecule has 0 amide bonds. The molecule has 0 aliphatic rings. The van der Waals surface area contributed by atoms with Crippen molar-refractivity contribution < 1.29 is 4.74 Å². The lowest BCUT2D eigenvalue weighted by Gasteiger charge is -2.25. The number of hydrogen-bond acceptors (Lipinski definition) is 3. The third-order valence-corrected chi connectivity index (χ3v) is 3.63. The summed E-state index contributed by atoms with van der Waals surface area (Å²) >= 11 is 2.00. The van der Waals surface area contributed by atoms with Crippen LogP contribution >= 0.6 is 11.8 Å². The molecule has 3 heteroatoms. The summed E-state index contributed by atoms with van der Waals surface area (Å²) in [5.74, 6) is 2.40. The molecule has 1 N–H and O–H groups in total. The van der Waals surface area contributed by atoms with Crippen LogP contribution in [-0.4, -0.2) is 37.3 Å². The minimum absolute atomic E-state index is 0.0198. The number of rotatable bonds is 8. The summed E-state index contributed by atoms with van der Waals surface area (Å²) in [6, 6.07) is 0.620. The molecule has 0 rings (SSSR count). The average molecular weight is 219 g/mol. The van der Waals surface area contributed by atoms with Gasteiger partial charge in [0.2, 0.25) is 0 Å². The summed E-state index contributed by atoms with van der Waals surface area (Å²) in [5.41, 5.74) is 0.0198. The van der Waals surface area contributed by atoms with Crippen LogP contribution < -0.4 is 5.32 Å². The van der Waals surface area contributed by atoms with E-state index in [9.17, 15) is 0 Å². The van der Waals surface area contributed by atoms with Crippen molar-refractivity contribution in [1.29, 1.82) is 0 Å². The highest BCUT2D eigenvalue weighted by Gasteiger charge is 2.18. The van der Waals surface area contributed by atoms with Crippen molar-refractivity contribution in [3.63, 3.8) is 0 Å². The third-order valence-electron chi connectivity index (χ3n) is 2.58. The molecule has 86 valence electrons. The van der Waals surface area contributed by atoms with Crippen LogP contribution in [0, 0.1) is 0 Å². The lowest BCUT2D eigenvalue weighted by Crippen LogP contribution is -2.32. The zero-order valence-electron chi connectivity index (χ0n) is 10.2. The second kappa shape index (κ2) is 7.55. The summed E-state index contributed by atoms with van der Waals surface area (Å²) in [6.45, 7) is 6.50. The van der Waals surface area contributed by atoms with Gasteiger partial charge in [0.15, 0.2) is 0 Å². The molecule has 0 aliphatic carbocycles. The van der Waals surface area contributed by atoms with E-state index in [1.807, 2.05) is 18.8 Å². The highest BCUT2D eigenvalue weighted by molar-refractivity contribution is 7.99. The van der Waals surface area contributed by atoms with Gasteiger partial charge < -0.3 is 10.1 Å². The normalized spacial score (nSPS) is 14.4. The zero-order valence-corrected chi connectivity index (χ0v) is 11.0. The van der Waals surface area contributed by atoms with Crippen molar-refractivity contribution in [2.45, 2.75) is 45.3 Å². The van der Waals surface area contributed by atoms with Crippen LogP contribution in [0.2, 0.25) is 0 Å². The molecule has 0 radical (unpaired) electrons. The molecule has 0 fully saturated rings. The molecule has 0 saturated carbocycles. The third kappa shape index (κ3) is 6.68. The predicted molar refractivity (Wildman–Crippen MR) is 66.2 cm³/mol. The van der Waals surface area contributed by atoms with Gasteiger partial charge in [0.25, 0.3) is 0 Å². The maximum atomic E-state index is 5.40. The lowest BCUT2D eigenvalue weighted by molar-refractivity contribution is 0.0123. The Kier molecular flexibility index (Phi) is 7.69. The molecule has 0 aromatic carbocycles. The first-order valence-electron chi connectivity index (χ1n) is 5.36. The van der Waals surface area contributed by atoms with Gasteiger partial charge in [-0.25, -0.2) is 0 Å². The van der Waals surface area contributed by atoms with Crippen molar-refractivity contribution in [2.75, 3.05) is 25.7 Å². The van der Waals surface area contributed by atoms with Gasteiger partial charge in [-0.15, -0.1) is 0 Å². The molecule has 0 aromatic heterocycles. The molecule has 1 unspecified atom stereocenters. The van der Waals surface area contributed by atoms with Crippen LogP contribution in [0.15, 0.2) is 0 Å². The Bertz CT molecular complexity index is 139. The van der Waals surface area contributed by atoms with Crippen molar-refractivity contribution in [1.82, 2.24) is 5.32 Å². The SMILES string of the molecule is CCSCC(CCC(C)(C)OC)NC. The monoisotopic (exact) mass is 219 g/mol. The molecule has 0 spiro atoms. The second-order valence-corrected chi connectivity index (χ2v) is 5.47. The first kappa shape index (κ1) is 14.3. The van der Waals surface area contributed by atoms with Crippen molar-refractivity contribution in [2.24, 2.45) is 0 Å². The van der Waals surface area contributed by atoms with Gasteiger partial charge in [-0.2, -0.15) is 11.8 Å².